The van der Waals surface area contributed by atoms with Crippen molar-refractivity contribution < 1.29 is 4.84 Å². The van der Waals surface area contributed by atoms with Crippen LogP contribution in [-0.2, 0) is 11.4 Å². The molecular formula is C14H14ClNO. The lowest BCUT2D eigenvalue weighted by Crippen LogP contribution is -2.10. The Morgan fingerprint density at radius 3 is 2.53 bits per heavy atom. The molecule has 0 aromatic heterocycles. The first-order chi connectivity index (χ1) is 8.29. The van der Waals surface area contributed by atoms with Crippen molar-refractivity contribution in [2.75, 3.05) is 7.11 Å². The number of hydrogen-bond acceptors (Lipinski definition) is 2. The van der Waals surface area contributed by atoms with Crippen LogP contribution in [0.3, 0.4) is 0 Å². The average Bonchev–Trinajstić information content (AvgIpc) is 2.37. The summed E-state index contributed by atoms with van der Waals surface area (Å²) in [6.07, 6.45) is 0. The van der Waals surface area contributed by atoms with Crippen LogP contribution in [0.15, 0.2) is 48.5 Å². The van der Waals surface area contributed by atoms with Crippen molar-refractivity contribution in [3.8, 4) is 11.1 Å². The van der Waals surface area contributed by atoms with Gasteiger partial charge in [-0.25, -0.2) is 0 Å². The minimum absolute atomic E-state index is 0.692. The van der Waals surface area contributed by atoms with Gasteiger partial charge < -0.3 is 4.84 Å². The lowest BCUT2D eigenvalue weighted by atomic mass is 10.0. The van der Waals surface area contributed by atoms with Gasteiger partial charge in [-0.3, -0.25) is 0 Å². The molecule has 2 aromatic rings. The van der Waals surface area contributed by atoms with Crippen molar-refractivity contribution in [2.45, 2.75) is 6.54 Å². The summed E-state index contributed by atoms with van der Waals surface area (Å²) in [5.41, 5.74) is 6.35. The van der Waals surface area contributed by atoms with E-state index in [4.69, 9.17) is 16.4 Å². The molecule has 0 heterocycles. The van der Waals surface area contributed by atoms with Crippen LogP contribution in [-0.4, -0.2) is 7.11 Å². The van der Waals surface area contributed by atoms with Crippen LogP contribution in [0.5, 0.6) is 0 Å². The summed E-state index contributed by atoms with van der Waals surface area (Å²) in [6.45, 7) is 0.692. The lowest BCUT2D eigenvalue weighted by molar-refractivity contribution is 0.0867. The van der Waals surface area contributed by atoms with Crippen molar-refractivity contribution in [3.63, 3.8) is 0 Å². The number of nitrogens with one attached hydrogen (secondary N) is 1. The van der Waals surface area contributed by atoms with E-state index in [-0.39, 0.29) is 0 Å². The fraction of sp³-hybridized carbons (Fsp3) is 0.143. The SMILES string of the molecule is CONCc1cccc(-c2ccc(Cl)cc2)c1. The van der Waals surface area contributed by atoms with E-state index in [1.165, 1.54) is 11.1 Å². The van der Waals surface area contributed by atoms with Gasteiger partial charge in [0.15, 0.2) is 0 Å². The second-order valence-corrected chi connectivity index (χ2v) is 4.17. The van der Waals surface area contributed by atoms with Gasteiger partial charge >= 0.3 is 0 Å². The first-order valence-corrected chi connectivity index (χ1v) is 5.78. The third kappa shape index (κ3) is 3.30. The van der Waals surface area contributed by atoms with E-state index in [2.05, 4.69) is 23.7 Å². The molecule has 0 fully saturated rings. The topological polar surface area (TPSA) is 21.3 Å². The van der Waals surface area contributed by atoms with Crippen LogP contribution >= 0.6 is 11.6 Å². The molecule has 0 radical (unpaired) electrons. The maximum absolute atomic E-state index is 5.87. The van der Waals surface area contributed by atoms with Crippen molar-refractivity contribution >= 4 is 11.6 Å². The Balaban J connectivity index is 2.23. The van der Waals surface area contributed by atoms with Gasteiger partial charge in [0.2, 0.25) is 0 Å². The highest BCUT2D eigenvalue weighted by Crippen LogP contribution is 2.22. The monoisotopic (exact) mass is 247 g/mol. The van der Waals surface area contributed by atoms with E-state index in [0.29, 0.717) is 6.54 Å². The summed E-state index contributed by atoms with van der Waals surface area (Å²) < 4.78 is 0. The molecule has 0 aliphatic heterocycles. The smallest absolute Gasteiger partial charge is 0.0572 e. The molecule has 2 nitrogen and oxygen atoms in total. The molecular weight excluding hydrogens is 234 g/mol. The lowest BCUT2D eigenvalue weighted by Gasteiger charge is -2.06. The minimum Gasteiger partial charge on any atom is -0.305 e. The predicted octanol–water partition coefficient (Wildman–Crippen LogP) is 3.66. The molecule has 2 rings (SSSR count). The van der Waals surface area contributed by atoms with Crippen molar-refractivity contribution in [3.05, 3.63) is 59.1 Å². The Bertz CT molecular complexity index is 482. The molecule has 0 unspecified atom stereocenters. The molecule has 1 N–H and O–H groups in total. The van der Waals surface area contributed by atoms with Gasteiger partial charge in [-0.15, -0.1) is 0 Å². The maximum atomic E-state index is 5.87. The van der Waals surface area contributed by atoms with E-state index in [1.54, 1.807) is 7.11 Å². The largest absolute Gasteiger partial charge is 0.305 e. The van der Waals surface area contributed by atoms with E-state index in [1.807, 2.05) is 30.3 Å². The van der Waals surface area contributed by atoms with Crippen molar-refractivity contribution in [1.29, 1.82) is 0 Å². The van der Waals surface area contributed by atoms with Crippen molar-refractivity contribution in [2.24, 2.45) is 0 Å². The number of halogens is 1. The highest BCUT2D eigenvalue weighted by molar-refractivity contribution is 6.30. The molecule has 17 heavy (non-hydrogen) atoms. The Hall–Kier alpha value is -1.35. The van der Waals surface area contributed by atoms with Gasteiger partial charge in [0, 0.05) is 11.6 Å². The summed E-state index contributed by atoms with van der Waals surface area (Å²) in [7, 11) is 1.61. The molecule has 2 aromatic carbocycles. The Morgan fingerprint density at radius 2 is 1.82 bits per heavy atom. The zero-order valence-corrected chi connectivity index (χ0v) is 10.4. The molecule has 0 atom stereocenters. The van der Waals surface area contributed by atoms with Crippen LogP contribution < -0.4 is 5.48 Å². The van der Waals surface area contributed by atoms with E-state index >= 15 is 0 Å². The van der Waals surface area contributed by atoms with Crippen LogP contribution in [0.25, 0.3) is 11.1 Å². The molecule has 0 saturated carbocycles. The summed E-state index contributed by atoms with van der Waals surface area (Å²) in [5.74, 6) is 0. The molecule has 0 aliphatic rings. The summed E-state index contributed by atoms with van der Waals surface area (Å²) >= 11 is 5.87. The van der Waals surface area contributed by atoms with E-state index < -0.39 is 0 Å². The summed E-state index contributed by atoms with van der Waals surface area (Å²) in [4.78, 5) is 4.84. The standard InChI is InChI=1S/C14H14ClNO/c1-17-16-10-11-3-2-4-13(9-11)12-5-7-14(15)8-6-12/h2-9,16H,10H2,1H3. The molecule has 0 saturated heterocycles. The van der Waals surface area contributed by atoms with Gasteiger partial charge in [-0.2, -0.15) is 5.48 Å². The molecule has 3 heteroatoms. The number of hydroxylamine groups is 1. The predicted molar refractivity (Wildman–Crippen MR) is 70.7 cm³/mol. The first-order valence-electron chi connectivity index (χ1n) is 5.40. The zero-order chi connectivity index (χ0) is 12.1. The second-order valence-electron chi connectivity index (χ2n) is 3.73. The van der Waals surface area contributed by atoms with E-state index in [0.717, 1.165) is 10.6 Å². The number of benzene rings is 2. The fourth-order valence-electron chi connectivity index (χ4n) is 1.66. The molecule has 0 aliphatic carbocycles. The van der Waals surface area contributed by atoms with Crippen LogP contribution in [0.1, 0.15) is 5.56 Å². The molecule has 0 spiro atoms. The van der Waals surface area contributed by atoms with Gasteiger partial charge in [0.25, 0.3) is 0 Å². The third-order valence-corrected chi connectivity index (χ3v) is 2.78. The Labute approximate surface area is 106 Å². The van der Waals surface area contributed by atoms with Crippen LogP contribution in [0.4, 0.5) is 0 Å². The van der Waals surface area contributed by atoms with E-state index in [9.17, 15) is 0 Å². The number of rotatable bonds is 4. The van der Waals surface area contributed by atoms with Gasteiger partial charge in [-0.1, -0.05) is 41.9 Å². The highest BCUT2D eigenvalue weighted by Gasteiger charge is 1.99. The highest BCUT2D eigenvalue weighted by atomic mass is 35.5. The van der Waals surface area contributed by atoms with Gasteiger partial charge in [0.1, 0.15) is 0 Å². The first kappa shape index (κ1) is 12.1. The Morgan fingerprint density at radius 1 is 1.06 bits per heavy atom. The van der Waals surface area contributed by atoms with Crippen molar-refractivity contribution in [1.82, 2.24) is 5.48 Å². The zero-order valence-electron chi connectivity index (χ0n) is 9.61. The fourth-order valence-corrected chi connectivity index (χ4v) is 1.78. The van der Waals surface area contributed by atoms with Gasteiger partial charge in [-0.05, 0) is 34.9 Å². The number of hydrogen-bond donors (Lipinski definition) is 1. The Kier molecular flexibility index (Phi) is 4.15. The van der Waals surface area contributed by atoms with Crippen LogP contribution in [0.2, 0.25) is 5.02 Å². The minimum atomic E-state index is 0.692. The van der Waals surface area contributed by atoms with Crippen LogP contribution in [0, 0.1) is 0 Å². The normalized spacial score (nSPS) is 10.5. The maximum Gasteiger partial charge on any atom is 0.0572 e. The summed E-state index contributed by atoms with van der Waals surface area (Å²) in [5, 5.41) is 0.756. The summed E-state index contributed by atoms with van der Waals surface area (Å²) in [6, 6.07) is 16.2. The second kappa shape index (κ2) is 5.82. The molecule has 0 amide bonds. The molecule has 88 valence electrons. The molecule has 0 bridgehead atoms. The average molecular weight is 248 g/mol. The quantitative estimate of drug-likeness (QED) is 0.833. The van der Waals surface area contributed by atoms with Gasteiger partial charge in [0.05, 0.1) is 7.11 Å². The third-order valence-electron chi connectivity index (χ3n) is 2.53.